The van der Waals surface area contributed by atoms with Crippen LogP contribution in [-0.4, -0.2) is 9.55 Å². The van der Waals surface area contributed by atoms with Gasteiger partial charge in [0.05, 0.1) is 13.8 Å². The van der Waals surface area contributed by atoms with Crippen LogP contribution in [0.3, 0.4) is 0 Å². The van der Waals surface area contributed by atoms with E-state index in [4.69, 9.17) is 7.73 Å². The van der Waals surface area contributed by atoms with Crippen LogP contribution in [0.15, 0.2) is 84.9 Å². The van der Waals surface area contributed by atoms with E-state index in [1.807, 2.05) is 84.9 Å². The van der Waals surface area contributed by atoms with Crippen LogP contribution in [0.1, 0.15) is 8.30 Å². The number of nitrogens with zero attached hydrogens (tertiary/aromatic N) is 2. The van der Waals surface area contributed by atoms with Gasteiger partial charge in [0.2, 0.25) is 0 Å². The molecular weight excluding hydrogens is 268 g/mol. The zero-order valence-corrected chi connectivity index (χ0v) is 12.0. The Labute approximate surface area is 132 Å². The van der Waals surface area contributed by atoms with Crippen LogP contribution in [0.5, 0.6) is 0 Å². The Morgan fingerprint density at radius 1 is 0.773 bits per heavy atom. The lowest BCUT2D eigenvalue weighted by Gasteiger charge is -2.09. The third-order valence-corrected chi connectivity index (χ3v) is 3.61. The molecule has 0 unspecified atom stereocenters. The SMILES string of the molecule is [2H]C([2H])(c1ccccc1)n1c(-c2ccccc2)nc2ccccc21. The highest BCUT2D eigenvalue weighted by atomic mass is 15.1. The fourth-order valence-corrected chi connectivity index (χ4v) is 2.56. The van der Waals surface area contributed by atoms with Crippen molar-refractivity contribution in [2.75, 3.05) is 0 Å². The Balaban J connectivity index is 2.03. The maximum atomic E-state index is 8.79. The number of imidazole rings is 1. The average Bonchev–Trinajstić information content (AvgIpc) is 3.03. The minimum atomic E-state index is -1.71. The molecule has 0 bridgehead atoms. The van der Waals surface area contributed by atoms with Gasteiger partial charge in [-0.3, -0.25) is 0 Å². The summed E-state index contributed by atoms with van der Waals surface area (Å²) in [5.41, 5.74) is 3.07. The molecule has 1 aromatic heterocycles. The summed E-state index contributed by atoms with van der Waals surface area (Å²) in [4.78, 5) is 4.70. The summed E-state index contributed by atoms with van der Waals surface area (Å²) in [5, 5.41) is 0. The quantitative estimate of drug-likeness (QED) is 0.531. The first-order chi connectivity index (χ1) is 11.7. The molecule has 0 spiro atoms. The topological polar surface area (TPSA) is 17.8 Å². The van der Waals surface area contributed by atoms with Gasteiger partial charge < -0.3 is 4.57 Å². The molecule has 0 fully saturated rings. The van der Waals surface area contributed by atoms with Gasteiger partial charge >= 0.3 is 0 Å². The molecule has 2 heteroatoms. The molecule has 2 nitrogen and oxygen atoms in total. The van der Waals surface area contributed by atoms with Crippen LogP contribution in [0.2, 0.25) is 0 Å². The van der Waals surface area contributed by atoms with E-state index < -0.39 is 6.50 Å². The fraction of sp³-hybridized carbons (Fsp3) is 0.0500. The number of fused-ring (bicyclic) bond motifs is 1. The van der Waals surface area contributed by atoms with Gasteiger partial charge in [-0.05, 0) is 17.7 Å². The number of aromatic nitrogens is 2. The van der Waals surface area contributed by atoms with Crippen LogP contribution in [0, 0.1) is 0 Å². The minimum absolute atomic E-state index is 0.602. The molecule has 0 atom stereocenters. The fourth-order valence-electron chi connectivity index (χ4n) is 2.56. The van der Waals surface area contributed by atoms with Gasteiger partial charge in [0.25, 0.3) is 0 Å². The smallest absolute Gasteiger partial charge is 0.141 e. The first kappa shape index (κ1) is 10.8. The van der Waals surface area contributed by atoms with Crippen molar-refractivity contribution in [3.63, 3.8) is 0 Å². The second-order valence-electron chi connectivity index (χ2n) is 5.10. The molecule has 0 saturated heterocycles. The third kappa shape index (κ3) is 2.29. The lowest BCUT2D eigenvalue weighted by molar-refractivity contribution is 0.834. The van der Waals surface area contributed by atoms with E-state index >= 15 is 0 Å². The molecule has 0 aliphatic heterocycles. The Bertz CT molecular complexity index is 976. The maximum absolute atomic E-state index is 8.79. The average molecular weight is 286 g/mol. The molecule has 0 saturated carbocycles. The molecule has 4 rings (SSSR count). The zero-order valence-electron chi connectivity index (χ0n) is 14.0. The largest absolute Gasteiger partial charge is 0.319 e. The Kier molecular flexibility index (Phi) is 2.69. The zero-order chi connectivity index (χ0) is 16.6. The summed E-state index contributed by atoms with van der Waals surface area (Å²) in [7, 11) is 0. The highest BCUT2D eigenvalue weighted by Crippen LogP contribution is 2.25. The molecule has 0 amide bonds. The molecule has 0 aliphatic rings. The Hall–Kier alpha value is -2.87. The summed E-state index contributed by atoms with van der Waals surface area (Å²) in [5.74, 6) is 0.630. The molecule has 3 aromatic carbocycles. The van der Waals surface area contributed by atoms with Crippen molar-refractivity contribution in [2.45, 2.75) is 6.50 Å². The van der Waals surface area contributed by atoms with Gasteiger partial charge in [0, 0.05) is 12.1 Å². The molecule has 106 valence electrons. The Morgan fingerprint density at radius 3 is 2.18 bits per heavy atom. The standard InChI is InChI=1S/C20H16N2/c1-3-9-16(10-4-1)15-22-19-14-8-7-13-18(19)21-20(22)17-11-5-2-6-12-17/h1-14H,15H2/i15D2. The predicted octanol–water partition coefficient (Wildman–Crippen LogP) is 4.75. The monoisotopic (exact) mass is 286 g/mol. The van der Waals surface area contributed by atoms with E-state index in [2.05, 4.69) is 0 Å². The number of para-hydroxylation sites is 2. The van der Waals surface area contributed by atoms with Gasteiger partial charge in [-0.2, -0.15) is 0 Å². The first-order valence-electron chi connectivity index (χ1n) is 8.27. The van der Waals surface area contributed by atoms with Gasteiger partial charge in [0.1, 0.15) is 5.82 Å². The van der Waals surface area contributed by atoms with Gasteiger partial charge in [0.15, 0.2) is 0 Å². The van der Waals surface area contributed by atoms with Crippen LogP contribution < -0.4 is 0 Å². The minimum Gasteiger partial charge on any atom is -0.319 e. The van der Waals surface area contributed by atoms with Crippen molar-refractivity contribution in [2.24, 2.45) is 0 Å². The number of hydrogen-bond donors (Lipinski definition) is 0. The van der Waals surface area contributed by atoms with Crippen LogP contribution in [-0.2, 0) is 6.50 Å². The van der Waals surface area contributed by atoms with E-state index in [1.165, 1.54) is 0 Å². The van der Waals surface area contributed by atoms with Crippen molar-refractivity contribution in [3.8, 4) is 11.4 Å². The molecule has 4 aromatic rings. The summed E-state index contributed by atoms with van der Waals surface area (Å²) in [6.45, 7) is -1.71. The van der Waals surface area contributed by atoms with E-state index in [-0.39, 0.29) is 0 Å². The number of benzene rings is 3. The van der Waals surface area contributed by atoms with Crippen molar-refractivity contribution in [1.82, 2.24) is 9.55 Å². The lowest BCUT2D eigenvalue weighted by Crippen LogP contribution is -2.02. The highest BCUT2D eigenvalue weighted by molar-refractivity contribution is 5.80. The molecule has 0 radical (unpaired) electrons. The van der Waals surface area contributed by atoms with Gasteiger partial charge in [-0.25, -0.2) is 4.98 Å². The number of rotatable bonds is 3. The molecule has 0 N–H and O–H groups in total. The molecular formula is C20H16N2. The van der Waals surface area contributed by atoms with Crippen LogP contribution in [0.4, 0.5) is 0 Å². The molecule has 0 aliphatic carbocycles. The van der Waals surface area contributed by atoms with Crippen molar-refractivity contribution < 1.29 is 2.74 Å². The van der Waals surface area contributed by atoms with Crippen molar-refractivity contribution >= 4 is 11.0 Å². The van der Waals surface area contributed by atoms with Crippen molar-refractivity contribution in [3.05, 3.63) is 90.5 Å². The predicted molar refractivity (Wildman–Crippen MR) is 90.7 cm³/mol. The van der Waals surface area contributed by atoms with E-state index in [9.17, 15) is 0 Å². The second-order valence-corrected chi connectivity index (χ2v) is 5.10. The van der Waals surface area contributed by atoms with E-state index in [1.54, 1.807) is 4.57 Å². The van der Waals surface area contributed by atoms with E-state index in [0.29, 0.717) is 11.4 Å². The highest BCUT2D eigenvalue weighted by Gasteiger charge is 2.12. The summed E-state index contributed by atoms with van der Waals surface area (Å²) < 4.78 is 19.3. The summed E-state index contributed by atoms with van der Waals surface area (Å²) >= 11 is 0. The molecule has 1 heterocycles. The maximum Gasteiger partial charge on any atom is 0.141 e. The Morgan fingerprint density at radius 2 is 1.41 bits per heavy atom. The second kappa shape index (κ2) is 5.49. The van der Waals surface area contributed by atoms with Crippen molar-refractivity contribution in [1.29, 1.82) is 0 Å². The summed E-state index contributed by atoms with van der Waals surface area (Å²) in [6, 6.07) is 26.6. The molecule has 22 heavy (non-hydrogen) atoms. The third-order valence-electron chi connectivity index (χ3n) is 3.61. The summed E-state index contributed by atoms with van der Waals surface area (Å²) in [6.07, 6.45) is 0. The number of hydrogen-bond acceptors (Lipinski definition) is 1. The van der Waals surface area contributed by atoms with Gasteiger partial charge in [-0.15, -0.1) is 0 Å². The van der Waals surface area contributed by atoms with Gasteiger partial charge in [-0.1, -0.05) is 72.8 Å². The van der Waals surface area contributed by atoms with E-state index in [0.717, 1.165) is 16.6 Å². The van der Waals surface area contributed by atoms with Crippen LogP contribution >= 0.6 is 0 Å². The van der Waals surface area contributed by atoms with Crippen LogP contribution in [0.25, 0.3) is 22.4 Å². The lowest BCUT2D eigenvalue weighted by atomic mass is 10.2. The first-order valence-corrected chi connectivity index (χ1v) is 7.27. The normalized spacial score (nSPS) is 12.9.